The molecule has 0 aliphatic heterocycles. The summed E-state index contributed by atoms with van der Waals surface area (Å²) in [7, 11) is -2.37. The van der Waals surface area contributed by atoms with E-state index in [1.54, 1.807) is 0 Å². The van der Waals surface area contributed by atoms with E-state index < -0.39 is 16.0 Å². The summed E-state index contributed by atoms with van der Waals surface area (Å²) >= 11 is 1.47. The monoisotopic (exact) mass is 382 g/mol. The Balaban J connectivity index is 1.79. The topological polar surface area (TPSA) is 94.6 Å². The number of nitrogens with one attached hydrogen (secondary N) is 1. The lowest BCUT2D eigenvalue weighted by molar-refractivity contribution is 0.0468. The number of hydrogen-bond donors (Lipinski definition) is 1. The number of carbonyl (C=O) groups excluding carboxylic acids is 1. The van der Waals surface area contributed by atoms with Crippen molar-refractivity contribution in [1.82, 2.24) is 9.71 Å². The number of rotatable bonds is 7. The number of hydrogen-bond acceptors (Lipinski definition) is 7. The number of aromatic nitrogens is 1. The van der Waals surface area contributed by atoms with Gasteiger partial charge in [0.25, 0.3) is 0 Å². The number of esters is 1. The second-order valence-electron chi connectivity index (χ2n) is 5.70. The molecule has 1 saturated carbocycles. The Hall–Kier alpha value is -1.97. The van der Waals surface area contributed by atoms with Gasteiger partial charge in [-0.25, -0.2) is 22.9 Å². The molecular weight excluding hydrogens is 364 g/mol. The van der Waals surface area contributed by atoms with E-state index in [0.717, 1.165) is 17.8 Å². The van der Waals surface area contributed by atoms with Crippen LogP contribution in [0.5, 0.6) is 5.75 Å². The van der Waals surface area contributed by atoms with Crippen molar-refractivity contribution in [2.45, 2.75) is 37.3 Å². The molecule has 1 N–H and O–H groups in total. The SMILES string of the molecule is COc1ccc(C(=O)OCc2csc(C)n2)cc1S(=O)(=O)NC1CC1. The van der Waals surface area contributed by atoms with E-state index in [4.69, 9.17) is 9.47 Å². The van der Waals surface area contributed by atoms with Crippen molar-refractivity contribution < 1.29 is 22.7 Å². The van der Waals surface area contributed by atoms with Gasteiger partial charge in [-0.1, -0.05) is 0 Å². The Bertz CT molecular complexity index is 888. The van der Waals surface area contributed by atoms with Crippen LogP contribution in [0.2, 0.25) is 0 Å². The highest BCUT2D eigenvalue weighted by molar-refractivity contribution is 7.89. The maximum atomic E-state index is 12.5. The summed E-state index contributed by atoms with van der Waals surface area (Å²) in [5.74, 6) is -0.434. The fraction of sp³-hybridized carbons (Fsp3) is 0.375. The highest BCUT2D eigenvalue weighted by Crippen LogP contribution is 2.28. The van der Waals surface area contributed by atoms with Gasteiger partial charge in [0.1, 0.15) is 17.3 Å². The van der Waals surface area contributed by atoms with Gasteiger partial charge < -0.3 is 9.47 Å². The molecule has 0 amide bonds. The first-order chi connectivity index (χ1) is 11.9. The first kappa shape index (κ1) is 17.8. The third-order valence-corrected chi connectivity index (χ3v) is 5.97. The van der Waals surface area contributed by atoms with Crippen LogP contribution in [0.3, 0.4) is 0 Å². The molecule has 1 aromatic carbocycles. The van der Waals surface area contributed by atoms with Crippen LogP contribution >= 0.6 is 11.3 Å². The molecule has 0 spiro atoms. The maximum Gasteiger partial charge on any atom is 0.338 e. The van der Waals surface area contributed by atoms with Crippen molar-refractivity contribution >= 4 is 27.3 Å². The van der Waals surface area contributed by atoms with Crippen LogP contribution in [0.15, 0.2) is 28.5 Å². The lowest BCUT2D eigenvalue weighted by atomic mass is 10.2. The quantitative estimate of drug-likeness (QED) is 0.738. The molecule has 1 aromatic heterocycles. The smallest absolute Gasteiger partial charge is 0.338 e. The fourth-order valence-corrected chi connectivity index (χ4v) is 4.29. The predicted molar refractivity (Wildman–Crippen MR) is 92.3 cm³/mol. The van der Waals surface area contributed by atoms with Crippen molar-refractivity contribution in [2.75, 3.05) is 7.11 Å². The molecule has 1 aliphatic rings. The number of thiazole rings is 1. The number of methoxy groups -OCH3 is 1. The molecule has 2 aromatic rings. The van der Waals surface area contributed by atoms with Crippen LogP contribution in [-0.4, -0.2) is 32.5 Å². The second-order valence-corrected chi connectivity index (χ2v) is 8.44. The predicted octanol–water partition coefficient (Wildman–Crippen LogP) is 2.26. The zero-order valence-corrected chi connectivity index (χ0v) is 15.4. The van der Waals surface area contributed by atoms with Crippen molar-refractivity contribution in [3.8, 4) is 5.75 Å². The molecule has 0 unspecified atom stereocenters. The minimum Gasteiger partial charge on any atom is -0.495 e. The van der Waals surface area contributed by atoms with Crippen LogP contribution in [0, 0.1) is 6.92 Å². The third-order valence-electron chi connectivity index (χ3n) is 3.61. The Morgan fingerprint density at radius 3 is 2.76 bits per heavy atom. The molecule has 1 aliphatic carbocycles. The normalized spacial score (nSPS) is 14.3. The van der Waals surface area contributed by atoms with Crippen LogP contribution in [0.25, 0.3) is 0 Å². The standard InChI is InChI=1S/C16H18N2O5S2/c1-10-17-13(9-24-10)8-23-16(19)11-3-6-14(22-2)15(7-11)25(20,21)18-12-4-5-12/h3,6-7,9,12,18H,4-5,8H2,1-2H3. The van der Waals surface area contributed by atoms with Crippen molar-refractivity contribution in [2.24, 2.45) is 0 Å². The zero-order chi connectivity index (χ0) is 18.0. The molecule has 3 rings (SSSR count). The lowest BCUT2D eigenvalue weighted by Crippen LogP contribution is -2.26. The van der Waals surface area contributed by atoms with E-state index in [2.05, 4.69) is 9.71 Å². The maximum absolute atomic E-state index is 12.5. The van der Waals surface area contributed by atoms with Gasteiger partial charge in [-0.05, 0) is 38.0 Å². The molecular formula is C16H18N2O5S2. The van der Waals surface area contributed by atoms with Crippen molar-refractivity contribution in [3.63, 3.8) is 0 Å². The number of ether oxygens (including phenoxy) is 2. The van der Waals surface area contributed by atoms with Gasteiger partial charge in [0.05, 0.1) is 23.4 Å². The fourth-order valence-electron chi connectivity index (χ4n) is 2.20. The van der Waals surface area contributed by atoms with Crippen molar-refractivity contribution in [1.29, 1.82) is 0 Å². The number of nitrogens with zero attached hydrogens (tertiary/aromatic N) is 1. The van der Waals surface area contributed by atoms with Crippen LogP contribution in [-0.2, 0) is 21.4 Å². The van der Waals surface area contributed by atoms with Gasteiger partial charge in [-0.15, -0.1) is 11.3 Å². The molecule has 7 nitrogen and oxygen atoms in total. The second kappa shape index (κ2) is 7.11. The average molecular weight is 382 g/mol. The number of sulfonamides is 1. The molecule has 0 radical (unpaired) electrons. The van der Waals surface area contributed by atoms with E-state index in [1.165, 1.54) is 36.6 Å². The van der Waals surface area contributed by atoms with Crippen molar-refractivity contribution in [3.05, 3.63) is 39.8 Å². The van der Waals surface area contributed by atoms with Gasteiger partial charge in [-0.3, -0.25) is 0 Å². The first-order valence-corrected chi connectivity index (χ1v) is 10.0. The summed E-state index contributed by atoms with van der Waals surface area (Å²) < 4.78 is 37.8. The Morgan fingerprint density at radius 2 is 2.16 bits per heavy atom. The molecule has 1 fully saturated rings. The van der Waals surface area contributed by atoms with E-state index >= 15 is 0 Å². The highest BCUT2D eigenvalue weighted by Gasteiger charge is 2.30. The van der Waals surface area contributed by atoms with E-state index in [9.17, 15) is 13.2 Å². The minimum atomic E-state index is -3.75. The summed E-state index contributed by atoms with van der Waals surface area (Å²) in [5.41, 5.74) is 0.802. The number of benzene rings is 1. The summed E-state index contributed by atoms with van der Waals surface area (Å²) in [6.07, 6.45) is 1.63. The Morgan fingerprint density at radius 1 is 1.40 bits per heavy atom. The van der Waals surface area contributed by atoms with Gasteiger partial charge in [0.2, 0.25) is 10.0 Å². The van der Waals surface area contributed by atoms with Gasteiger partial charge in [0, 0.05) is 11.4 Å². The number of carbonyl (C=O) groups is 1. The molecule has 134 valence electrons. The largest absolute Gasteiger partial charge is 0.495 e. The van der Waals surface area contributed by atoms with E-state index in [1.807, 2.05) is 12.3 Å². The summed E-state index contributed by atoms with van der Waals surface area (Å²) in [4.78, 5) is 16.4. The van der Waals surface area contributed by atoms with E-state index in [0.29, 0.717) is 5.69 Å². The summed E-state index contributed by atoms with van der Waals surface area (Å²) in [6, 6.07) is 4.16. The summed E-state index contributed by atoms with van der Waals surface area (Å²) in [5, 5.41) is 2.70. The number of aryl methyl sites for hydroxylation is 1. The Kier molecular flexibility index (Phi) is 5.07. The lowest BCUT2D eigenvalue weighted by Gasteiger charge is -2.12. The average Bonchev–Trinajstić information content (AvgIpc) is 3.29. The molecule has 9 heteroatoms. The first-order valence-electron chi connectivity index (χ1n) is 7.67. The zero-order valence-electron chi connectivity index (χ0n) is 13.8. The molecule has 0 atom stereocenters. The van der Waals surface area contributed by atoms with Crippen LogP contribution < -0.4 is 9.46 Å². The highest BCUT2D eigenvalue weighted by atomic mass is 32.2. The summed E-state index contributed by atoms with van der Waals surface area (Å²) in [6.45, 7) is 1.90. The van der Waals surface area contributed by atoms with Crippen LogP contribution in [0.1, 0.15) is 33.9 Å². The van der Waals surface area contributed by atoms with Gasteiger partial charge >= 0.3 is 5.97 Å². The Labute approximate surface area is 150 Å². The molecule has 0 bridgehead atoms. The van der Waals surface area contributed by atoms with E-state index in [-0.39, 0.29) is 28.9 Å². The van der Waals surface area contributed by atoms with Gasteiger partial charge in [-0.2, -0.15) is 0 Å². The van der Waals surface area contributed by atoms with Crippen LogP contribution in [0.4, 0.5) is 0 Å². The molecule has 1 heterocycles. The molecule has 0 saturated heterocycles. The molecule has 25 heavy (non-hydrogen) atoms. The third kappa shape index (κ3) is 4.36. The van der Waals surface area contributed by atoms with Gasteiger partial charge in [0.15, 0.2) is 0 Å². The minimum absolute atomic E-state index is 0.0393.